The van der Waals surface area contributed by atoms with E-state index < -0.39 is 17.2 Å². The molecule has 0 unspecified atom stereocenters. The smallest absolute Gasteiger partial charge is 0.330 e. The molecule has 0 spiro atoms. The highest BCUT2D eigenvalue weighted by Crippen LogP contribution is 2.55. The first-order valence-corrected chi connectivity index (χ1v) is 13.1. The number of hydrogen-bond acceptors (Lipinski definition) is 6. The number of anilines is 2. The summed E-state index contributed by atoms with van der Waals surface area (Å²) in [7, 11) is 1.49. The minimum Gasteiger partial charge on any atom is -0.383 e. The number of urea groups is 1. The minimum atomic E-state index is -0.727. The number of rotatable bonds is 10. The van der Waals surface area contributed by atoms with Gasteiger partial charge in [0.2, 0.25) is 5.91 Å². The first-order valence-electron chi connectivity index (χ1n) is 13.1. The number of carbonyl (C=O) groups is 2. The fraction of sp³-hybridized carbons (Fsp3) is 0.760. The molecule has 1 heterocycles. The maximum Gasteiger partial charge on any atom is 0.330 e. The number of aromatic nitrogens is 2. The summed E-state index contributed by atoms with van der Waals surface area (Å²) < 4.78 is 6.39. The van der Waals surface area contributed by atoms with Gasteiger partial charge in [-0.1, -0.05) is 13.8 Å². The molecule has 4 fully saturated rings. The van der Waals surface area contributed by atoms with Crippen LogP contribution in [0, 0.1) is 23.7 Å². The van der Waals surface area contributed by atoms with Crippen LogP contribution in [0.1, 0.15) is 58.8 Å². The zero-order chi connectivity index (χ0) is 26.0. The summed E-state index contributed by atoms with van der Waals surface area (Å²) in [6.07, 6.45) is 6.99. The van der Waals surface area contributed by atoms with E-state index >= 15 is 0 Å². The third-order valence-electron chi connectivity index (χ3n) is 7.89. The highest BCUT2D eigenvalue weighted by molar-refractivity contribution is 5.95. The summed E-state index contributed by atoms with van der Waals surface area (Å²) in [6.45, 7) is 4.52. The Kier molecular flexibility index (Phi) is 7.77. The average Bonchev–Trinajstić information content (AvgIpc) is 2.77. The lowest BCUT2D eigenvalue weighted by molar-refractivity contribution is -0.118. The SMILES string of the molecule is COCCN(C(=O)CCNC(=O)NC12CC3CC(CC(C3)C1)C2)c1c(N)n(CC(C)C)c(=O)[nH]c1=O. The van der Waals surface area contributed by atoms with Crippen molar-refractivity contribution in [1.82, 2.24) is 20.2 Å². The van der Waals surface area contributed by atoms with Crippen molar-refractivity contribution in [3.8, 4) is 0 Å². The van der Waals surface area contributed by atoms with Gasteiger partial charge in [-0.15, -0.1) is 0 Å². The molecule has 11 heteroatoms. The van der Waals surface area contributed by atoms with Crippen LogP contribution in [0.3, 0.4) is 0 Å². The molecule has 0 saturated heterocycles. The van der Waals surface area contributed by atoms with Crippen LogP contribution in [0.4, 0.5) is 16.3 Å². The maximum atomic E-state index is 13.2. The van der Waals surface area contributed by atoms with E-state index in [2.05, 4.69) is 15.6 Å². The van der Waals surface area contributed by atoms with E-state index in [0.29, 0.717) is 6.54 Å². The molecular weight excluding hydrogens is 464 g/mol. The fourth-order valence-corrected chi connectivity index (χ4v) is 6.90. The molecule has 1 aromatic rings. The molecule has 4 saturated carbocycles. The highest BCUT2D eigenvalue weighted by Gasteiger charge is 2.51. The van der Waals surface area contributed by atoms with Gasteiger partial charge in [0.1, 0.15) is 5.82 Å². The van der Waals surface area contributed by atoms with E-state index in [4.69, 9.17) is 10.5 Å². The predicted molar refractivity (Wildman–Crippen MR) is 137 cm³/mol. The summed E-state index contributed by atoms with van der Waals surface area (Å²) in [5, 5.41) is 6.06. The summed E-state index contributed by atoms with van der Waals surface area (Å²) >= 11 is 0. The number of methoxy groups -OCH3 is 1. The average molecular weight is 505 g/mol. The topological polar surface area (TPSA) is 152 Å². The molecule has 5 rings (SSSR count). The van der Waals surface area contributed by atoms with Crippen molar-refractivity contribution >= 4 is 23.4 Å². The van der Waals surface area contributed by atoms with E-state index in [0.717, 1.165) is 37.0 Å². The molecule has 5 N–H and O–H groups in total. The number of nitrogens with zero attached hydrogens (tertiary/aromatic N) is 2. The molecule has 3 amide bonds. The monoisotopic (exact) mass is 504 g/mol. The molecule has 4 aliphatic rings. The lowest BCUT2D eigenvalue weighted by Gasteiger charge is -2.56. The third-order valence-corrected chi connectivity index (χ3v) is 7.89. The maximum absolute atomic E-state index is 13.2. The van der Waals surface area contributed by atoms with E-state index in [9.17, 15) is 19.2 Å². The van der Waals surface area contributed by atoms with Gasteiger partial charge in [0.25, 0.3) is 5.56 Å². The van der Waals surface area contributed by atoms with Gasteiger partial charge in [0.05, 0.1) is 6.61 Å². The van der Waals surface area contributed by atoms with Crippen molar-refractivity contribution in [2.75, 3.05) is 37.4 Å². The Morgan fingerprint density at radius 2 is 1.78 bits per heavy atom. The predicted octanol–water partition coefficient (Wildman–Crippen LogP) is 1.41. The Hall–Kier alpha value is -2.82. The van der Waals surface area contributed by atoms with Gasteiger partial charge in [-0.2, -0.15) is 0 Å². The molecular formula is C25H40N6O5. The third kappa shape index (κ3) is 5.61. The summed E-state index contributed by atoms with van der Waals surface area (Å²) in [4.78, 5) is 54.4. The van der Waals surface area contributed by atoms with E-state index in [1.165, 1.54) is 35.8 Å². The summed E-state index contributed by atoms with van der Waals surface area (Å²) in [5.41, 5.74) is 4.69. The molecule has 36 heavy (non-hydrogen) atoms. The quantitative estimate of drug-likeness (QED) is 0.378. The largest absolute Gasteiger partial charge is 0.383 e. The molecule has 0 atom stereocenters. The van der Waals surface area contributed by atoms with Gasteiger partial charge in [-0.05, 0) is 62.2 Å². The first-order chi connectivity index (χ1) is 17.1. The number of H-pyrrole nitrogens is 1. The van der Waals surface area contributed by atoms with E-state index in [1.807, 2.05) is 13.8 Å². The molecule has 200 valence electrons. The van der Waals surface area contributed by atoms with Crippen molar-refractivity contribution in [3.63, 3.8) is 0 Å². The molecule has 0 radical (unpaired) electrons. The van der Waals surface area contributed by atoms with Crippen LogP contribution in [-0.4, -0.2) is 53.8 Å². The second kappa shape index (κ2) is 10.7. The van der Waals surface area contributed by atoms with Crippen LogP contribution in [0.15, 0.2) is 9.59 Å². The van der Waals surface area contributed by atoms with Crippen LogP contribution in [0.5, 0.6) is 0 Å². The van der Waals surface area contributed by atoms with Crippen LogP contribution in [-0.2, 0) is 16.1 Å². The number of aromatic amines is 1. The van der Waals surface area contributed by atoms with Crippen molar-refractivity contribution in [3.05, 3.63) is 20.8 Å². The fourth-order valence-electron chi connectivity index (χ4n) is 6.90. The van der Waals surface area contributed by atoms with Crippen molar-refractivity contribution < 1.29 is 14.3 Å². The lowest BCUT2D eigenvalue weighted by atomic mass is 9.53. The number of carbonyl (C=O) groups excluding carboxylic acids is 2. The Morgan fingerprint density at radius 1 is 1.17 bits per heavy atom. The Bertz CT molecular complexity index is 1060. The van der Waals surface area contributed by atoms with Gasteiger partial charge in [-0.3, -0.25) is 19.1 Å². The van der Waals surface area contributed by atoms with Crippen molar-refractivity contribution in [2.24, 2.45) is 23.7 Å². The highest BCUT2D eigenvalue weighted by atomic mass is 16.5. The van der Waals surface area contributed by atoms with Crippen LogP contribution >= 0.6 is 0 Å². The molecule has 1 aromatic heterocycles. The first kappa shape index (κ1) is 26.2. The molecule has 4 aliphatic carbocycles. The zero-order valence-corrected chi connectivity index (χ0v) is 21.6. The normalized spacial score (nSPS) is 26.3. The van der Waals surface area contributed by atoms with Gasteiger partial charge in [0.15, 0.2) is 5.69 Å². The van der Waals surface area contributed by atoms with Gasteiger partial charge < -0.3 is 26.0 Å². The van der Waals surface area contributed by atoms with Crippen LogP contribution < -0.4 is 32.5 Å². The lowest BCUT2D eigenvalue weighted by Crippen LogP contribution is -2.61. The van der Waals surface area contributed by atoms with Crippen LogP contribution in [0.2, 0.25) is 0 Å². The Morgan fingerprint density at radius 3 is 2.33 bits per heavy atom. The number of hydrogen-bond donors (Lipinski definition) is 4. The minimum absolute atomic E-state index is 0.0276. The number of amides is 3. The summed E-state index contributed by atoms with van der Waals surface area (Å²) in [5.74, 6) is 1.80. The Labute approximate surface area is 211 Å². The van der Waals surface area contributed by atoms with E-state index in [-0.39, 0.29) is 55.1 Å². The standard InChI is InChI=1S/C25H40N6O5/c1-15(2)14-31-21(26)20(22(33)28-24(31)35)30(6-7-36-3)19(32)4-5-27-23(34)29-25-11-16-8-17(12-25)10-18(9-16)13-25/h15-18H,4-14,26H2,1-3H3,(H2,27,29,34)(H,28,33,35). The van der Waals surface area contributed by atoms with E-state index in [1.54, 1.807) is 0 Å². The Balaban J connectivity index is 1.40. The van der Waals surface area contributed by atoms with Crippen molar-refractivity contribution in [2.45, 2.75) is 70.9 Å². The number of ether oxygens (including phenoxy) is 1. The number of nitrogen functional groups attached to an aromatic ring is 1. The molecule has 4 bridgehead atoms. The molecule has 0 aliphatic heterocycles. The molecule has 0 aromatic carbocycles. The second-order valence-electron chi connectivity index (χ2n) is 11.4. The van der Waals surface area contributed by atoms with Gasteiger partial charge >= 0.3 is 11.7 Å². The number of nitrogens with two attached hydrogens (primary N) is 1. The van der Waals surface area contributed by atoms with Crippen LogP contribution in [0.25, 0.3) is 0 Å². The molecule has 11 nitrogen and oxygen atoms in total. The summed E-state index contributed by atoms with van der Waals surface area (Å²) in [6, 6.07) is -0.254. The zero-order valence-electron chi connectivity index (χ0n) is 21.6. The second-order valence-corrected chi connectivity index (χ2v) is 11.4. The van der Waals surface area contributed by atoms with Gasteiger partial charge in [0, 0.05) is 38.7 Å². The number of nitrogens with one attached hydrogen (secondary N) is 3. The van der Waals surface area contributed by atoms with Gasteiger partial charge in [-0.25, -0.2) is 9.59 Å². The van der Waals surface area contributed by atoms with Crippen molar-refractivity contribution in [1.29, 1.82) is 0 Å².